The van der Waals surface area contributed by atoms with Gasteiger partial charge in [0.05, 0.1) is 10.4 Å². The number of benzene rings is 1. The monoisotopic (exact) mass is 241 g/mol. The largest absolute Gasteiger partial charge is 0.302 e. The molecular formula is C10H8ClNO2S. The van der Waals surface area contributed by atoms with Crippen LogP contribution in [-0.2, 0) is 11.1 Å². The van der Waals surface area contributed by atoms with Gasteiger partial charge in [0.15, 0.2) is 11.1 Å². The Hall–Kier alpha value is -0.970. The quantitative estimate of drug-likeness (QED) is 0.617. The molecule has 1 heterocycles. The van der Waals surface area contributed by atoms with Crippen LogP contribution in [0.25, 0.3) is 10.9 Å². The highest BCUT2D eigenvalue weighted by atomic mass is 35.5. The van der Waals surface area contributed by atoms with Gasteiger partial charge in [0, 0.05) is 5.39 Å². The third kappa shape index (κ3) is 2.02. The van der Waals surface area contributed by atoms with E-state index in [0.29, 0.717) is 10.0 Å². The molecule has 0 bridgehead atoms. The first-order valence-electron chi connectivity index (χ1n) is 4.25. The molecule has 1 atom stereocenters. The van der Waals surface area contributed by atoms with Crippen molar-refractivity contribution < 1.29 is 8.76 Å². The molecule has 1 N–H and O–H groups in total. The molecule has 0 radical (unpaired) electrons. The number of halogens is 1. The molecule has 0 amide bonds. The van der Waals surface area contributed by atoms with Crippen LogP contribution >= 0.6 is 11.6 Å². The lowest BCUT2D eigenvalue weighted by Crippen LogP contribution is -1.90. The first-order valence-corrected chi connectivity index (χ1v) is 5.74. The van der Waals surface area contributed by atoms with E-state index in [2.05, 4.69) is 4.98 Å². The van der Waals surface area contributed by atoms with Gasteiger partial charge in [0.2, 0.25) is 0 Å². The average Bonchev–Trinajstić information content (AvgIpc) is 2.19. The van der Waals surface area contributed by atoms with Crippen molar-refractivity contribution >= 4 is 33.6 Å². The van der Waals surface area contributed by atoms with Gasteiger partial charge < -0.3 is 4.55 Å². The van der Waals surface area contributed by atoms with Crippen molar-refractivity contribution in [1.82, 2.24) is 4.98 Å². The van der Waals surface area contributed by atoms with Gasteiger partial charge in [-0.3, -0.25) is 0 Å². The Balaban J connectivity index is 2.72. The van der Waals surface area contributed by atoms with Crippen molar-refractivity contribution in [2.75, 3.05) is 0 Å². The average molecular weight is 242 g/mol. The van der Waals surface area contributed by atoms with Crippen LogP contribution in [0, 0.1) is 6.92 Å². The second-order valence-corrected chi connectivity index (χ2v) is 4.53. The minimum Gasteiger partial charge on any atom is -0.302 e. The van der Waals surface area contributed by atoms with Gasteiger partial charge in [0.25, 0.3) is 0 Å². The lowest BCUT2D eigenvalue weighted by atomic mass is 10.2. The lowest BCUT2D eigenvalue weighted by Gasteiger charge is -2.02. The van der Waals surface area contributed by atoms with Gasteiger partial charge >= 0.3 is 0 Å². The van der Waals surface area contributed by atoms with Crippen LogP contribution in [0.1, 0.15) is 5.56 Å². The molecular weight excluding hydrogens is 234 g/mol. The molecule has 0 aliphatic heterocycles. The highest BCUT2D eigenvalue weighted by Gasteiger charge is 2.04. The Morgan fingerprint density at radius 1 is 1.40 bits per heavy atom. The molecule has 0 fully saturated rings. The maximum atomic E-state index is 10.9. The van der Waals surface area contributed by atoms with Crippen LogP contribution in [0.4, 0.5) is 0 Å². The normalized spacial score (nSPS) is 13.0. The topological polar surface area (TPSA) is 50.2 Å². The summed E-state index contributed by atoms with van der Waals surface area (Å²) < 4.78 is 19.8. The first kappa shape index (κ1) is 10.5. The summed E-state index contributed by atoms with van der Waals surface area (Å²) in [4.78, 5) is 4.53. The van der Waals surface area contributed by atoms with Gasteiger partial charge in [-0.05, 0) is 36.8 Å². The molecule has 1 aromatic heterocycles. The van der Waals surface area contributed by atoms with E-state index in [0.717, 1.165) is 16.5 Å². The molecule has 0 saturated carbocycles. The predicted octanol–water partition coefficient (Wildman–Crippen LogP) is 2.78. The van der Waals surface area contributed by atoms with Crippen molar-refractivity contribution in [3.63, 3.8) is 0 Å². The number of fused-ring (bicyclic) bond motifs is 1. The zero-order chi connectivity index (χ0) is 11.0. The number of pyridine rings is 1. The summed E-state index contributed by atoms with van der Waals surface area (Å²) in [6, 6.07) is 6.74. The van der Waals surface area contributed by atoms with Crippen molar-refractivity contribution in [3.8, 4) is 0 Å². The highest BCUT2D eigenvalue weighted by Crippen LogP contribution is 2.21. The molecule has 78 valence electrons. The van der Waals surface area contributed by atoms with E-state index in [1.54, 1.807) is 18.2 Å². The molecule has 0 aliphatic carbocycles. The van der Waals surface area contributed by atoms with E-state index in [1.165, 1.54) is 0 Å². The van der Waals surface area contributed by atoms with Crippen LogP contribution in [0.2, 0.25) is 5.15 Å². The van der Waals surface area contributed by atoms with E-state index in [-0.39, 0.29) is 0 Å². The van der Waals surface area contributed by atoms with Gasteiger partial charge in [-0.15, -0.1) is 0 Å². The van der Waals surface area contributed by atoms with Crippen molar-refractivity contribution in [2.45, 2.75) is 11.8 Å². The van der Waals surface area contributed by atoms with E-state index in [4.69, 9.17) is 16.2 Å². The summed E-state index contributed by atoms with van der Waals surface area (Å²) in [5.41, 5.74) is 1.57. The summed E-state index contributed by atoms with van der Waals surface area (Å²) in [6.07, 6.45) is 0. The molecule has 0 spiro atoms. The third-order valence-corrected chi connectivity index (χ3v) is 3.16. The zero-order valence-electron chi connectivity index (χ0n) is 7.90. The minimum atomic E-state index is -1.96. The molecule has 15 heavy (non-hydrogen) atoms. The van der Waals surface area contributed by atoms with Crippen molar-refractivity contribution in [2.24, 2.45) is 0 Å². The molecule has 0 aliphatic rings. The Labute approximate surface area is 94.4 Å². The Kier molecular flexibility index (Phi) is 2.73. The van der Waals surface area contributed by atoms with Gasteiger partial charge in [-0.1, -0.05) is 11.6 Å². The molecule has 2 rings (SSSR count). The number of aromatic nitrogens is 1. The summed E-state index contributed by atoms with van der Waals surface area (Å²) in [5, 5.41) is 1.28. The molecule has 1 unspecified atom stereocenters. The van der Waals surface area contributed by atoms with Gasteiger partial charge in [-0.2, -0.15) is 0 Å². The van der Waals surface area contributed by atoms with Crippen LogP contribution in [0.3, 0.4) is 0 Å². The van der Waals surface area contributed by atoms with Gasteiger partial charge in [0.1, 0.15) is 5.15 Å². The SMILES string of the molecule is Cc1cc2cc(S(=O)O)ccc2nc1Cl. The van der Waals surface area contributed by atoms with Gasteiger partial charge in [-0.25, -0.2) is 9.19 Å². The molecule has 2 aromatic rings. The van der Waals surface area contributed by atoms with Crippen LogP contribution < -0.4 is 0 Å². The number of rotatable bonds is 1. The van der Waals surface area contributed by atoms with Crippen molar-refractivity contribution in [1.29, 1.82) is 0 Å². The predicted molar refractivity (Wildman–Crippen MR) is 60.5 cm³/mol. The maximum Gasteiger partial charge on any atom is 0.186 e. The molecule has 3 nitrogen and oxygen atoms in total. The zero-order valence-corrected chi connectivity index (χ0v) is 9.47. The minimum absolute atomic E-state index is 0.367. The maximum absolute atomic E-state index is 10.9. The number of hydrogen-bond donors (Lipinski definition) is 1. The number of aryl methyl sites for hydroxylation is 1. The number of nitrogens with zero attached hydrogens (tertiary/aromatic N) is 1. The van der Waals surface area contributed by atoms with Crippen LogP contribution in [-0.4, -0.2) is 13.7 Å². The van der Waals surface area contributed by atoms with E-state index >= 15 is 0 Å². The summed E-state index contributed by atoms with van der Waals surface area (Å²) in [5.74, 6) is 0. The first-order chi connectivity index (χ1) is 7.08. The Morgan fingerprint density at radius 3 is 2.80 bits per heavy atom. The number of hydrogen-bond acceptors (Lipinski definition) is 2. The van der Waals surface area contributed by atoms with E-state index < -0.39 is 11.1 Å². The molecule has 5 heteroatoms. The Morgan fingerprint density at radius 2 is 2.13 bits per heavy atom. The smallest absolute Gasteiger partial charge is 0.186 e. The lowest BCUT2D eigenvalue weighted by molar-refractivity contribution is 0.564. The molecule has 1 aromatic carbocycles. The third-order valence-electron chi connectivity index (χ3n) is 2.12. The van der Waals surface area contributed by atoms with Crippen LogP contribution in [0.5, 0.6) is 0 Å². The second kappa shape index (κ2) is 3.89. The summed E-state index contributed by atoms with van der Waals surface area (Å²) in [6.45, 7) is 1.84. The fourth-order valence-corrected chi connectivity index (χ4v) is 1.90. The second-order valence-electron chi connectivity index (χ2n) is 3.20. The van der Waals surface area contributed by atoms with E-state index in [9.17, 15) is 4.21 Å². The Bertz CT molecular complexity index is 556. The van der Waals surface area contributed by atoms with Crippen LogP contribution in [0.15, 0.2) is 29.2 Å². The summed E-state index contributed by atoms with van der Waals surface area (Å²) in [7, 11) is 0. The fraction of sp³-hybridized carbons (Fsp3) is 0.100. The van der Waals surface area contributed by atoms with E-state index in [1.807, 2.05) is 13.0 Å². The molecule has 0 saturated heterocycles. The standard InChI is InChI=1S/C10H8ClNO2S/c1-6-4-7-5-8(15(13)14)2-3-9(7)12-10(6)11/h2-5H,1H3,(H,13,14). The highest BCUT2D eigenvalue weighted by molar-refractivity contribution is 7.79. The summed E-state index contributed by atoms with van der Waals surface area (Å²) >= 11 is 3.91. The van der Waals surface area contributed by atoms with Crippen molar-refractivity contribution in [3.05, 3.63) is 35.0 Å². The fourth-order valence-electron chi connectivity index (χ4n) is 1.35.